The Bertz CT molecular complexity index is 1180. The third-order valence-electron chi connectivity index (χ3n) is 5.15. The predicted octanol–water partition coefficient (Wildman–Crippen LogP) is 3.23. The van der Waals surface area contributed by atoms with Crippen molar-refractivity contribution in [1.29, 1.82) is 0 Å². The number of carbonyl (C=O) groups is 2. The summed E-state index contributed by atoms with van der Waals surface area (Å²) in [7, 11) is 0. The third kappa shape index (κ3) is 2.60. The summed E-state index contributed by atoms with van der Waals surface area (Å²) < 4.78 is 4.10. The molecule has 136 valence electrons. The second kappa shape index (κ2) is 6.46. The minimum atomic E-state index is -0.243. The average Bonchev–Trinajstić information content (AvgIpc) is 3.20. The SMILES string of the molecule is O=C1c2ccccc2C(=O)N1C[n+]1cn(Cc2ccccc2)c2ccccc21. The summed E-state index contributed by atoms with van der Waals surface area (Å²) in [6.45, 7) is 0.908. The van der Waals surface area contributed by atoms with Crippen LogP contribution in [0.1, 0.15) is 26.3 Å². The van der Waals surface area contributed by atoms with Crippen LogP contribution in [-0.4, -0.2) is 21.3 Å². The standard InChI is InChI=1S/C23H18N3O2/c27-22-18-10-4-5-11-19(18)23(28)26(22)16-25-15-24(14-17-8-2-1-3-9-17)20-12-6-7-13-21(20)25/h1-13,15H,14,16H2/q+1. The molecule has 28 heavy (non-hydrogen) atoms. The number of imidazole rings is 1. The lowest BCUT2D eigenvalue weighted by atomic mass is 10.1. The highest BCUT2D eigenvalue weighted by atomic mass is 16.2. The summed E-state index contributed by atoms with van der Waals surface area (Å²) in [5.41, 5.74) is 4.18. The molecule has 0 fully saturated rings. The molecule has 3 aromatic carbocycles. The Morgan fingerprint density at radius 3 is 2.04 bits per heavy atom. The fraction of sp³-hybridized carbons (Fsp3) is 0.0870. The van der Waals surface area contributed by atoms with E-state index in [-0.39, 0.29) is 18.5 Å². The monoisotopic (exact) mass is 368 g/mol. The van der Waals surface area contributed by atoms with Gasteiger partial charge in [-0.3, -0.25) is 9.59 Å². The molecule has 0 saturated heterocycles. The van der Waals surface area contributed by atoms with Gasteiger partial charge in [0, 0.05) is 0 Å². The molecule has 4 aromatic rings. The Morgan fingerprint density at radius 2 is 1.32 bits per heavy atom. The van der Waals surface area contributed by atoms with Gasteiger partial charge in [-0.1, -0.05) is 54.6 Å². The van der Waals surface area contributed by atoms with Gasteiger partial charge in [-0.2, -0.15) is 0 Å². The quantitative estimate of drug-likeness (QED) is 0.410. The van der Waals surface area contributed by atoms with E-state index < -0.39 is 0 Å². The number of hydrogen-bond donors (Lipinski definition) is 0. The smallest absolute Gasteiger partial charge is 0.264 e. The summed E-state index contributed by atoms with van der Waals surface area (Å²) in [6, 6.07) is 25.2. The van der Waals surface area contributed by atoms with Crippen molar-refractivity contribution in [2.24, 2.45) is 0 Å². The van der Waals surface area contributed by atoms with E-state index in [9.17, 15) is 9.59 Å². The number of amides is 2. The maximum Gasteiger partial charge on any atom is 0.264 e. The van der Waals surface area contributed by atoms with Gasteiger partial charge in [-0.15, -0.1) is 0 Å². The lowest BCUT2D eigenvalue weighted by Gasteiger charge is -2.11. The van der Waals surface area contributed by atoms with Crippen LogP contribution in [0.2, 0.25) is 0 Å². The molecular formula is C23H18N3O2+. The maximum atomic E-state index is 12.7. The molecule has 0 atom stereocenters. The van der Waals surface area contributed by atoms with Crippen LogP contribution in [0.15, 0.2) is 85.2 Å². The van der Waals surface area contributed by atoms with Gasteiger partial charge < -0.3 is 0 Å². The van der Waals surface area contributed by atoms with Gasteiger partial charge in [-0.25, -0.2) is 14.0 Å². The van der Waals surface area contributed by atoms with E-state index in [1.165, 1.54) is 10.5 Å². The molecule has 5 rings (SSSR count). The normalized spacial score (nSPS) is 13.4. The molecule has 5 heteroatoms. The number of fused-ring (bicyclic) bond motifs is 2. The highest BCUT2D eigenvalue weighted by molar-refractivity contribution is 6.21. The van der Waals surface area contributed by atoms with Crippen LogP contribution in [0.5, 0.6) is 0 Å². The number of benzene rings is 3. The molecule has 0 radical (unpaired) electrons. The number of para-hydroxylation sites is 2. The van der Waals surface area contributed by atoms with Crippen LogP contribution in [0.25, 0.3) is 11.0 Å². The van der Waals surface area contributed by atoms with Gasteiger partial charge in [0.15, 0.2) is 17.7 Å². The summed E-state index contributed by atoms with van der Waals surface area (Å²) in [5, 5.41) is 0. The van der Waals surface area contributed by atoms with Crippen molar-refractivity contribution in [3.8, 4) is 0 Å². The molecule has 0 aliphatic carbocycles. The molecular weight excluding hydrogens is 350 g/mol. The van der Waals surface area contributed by atoms with Gasteiger partial charge in [0.1, 0.15) is 6.54 Å². The van der Waals surface area contributed by atoms with Crippen molar-refractivity contribution < 1.29 is 14.2 Å². The molecule has 0 unspecified atom stereocenters. The maximum absolute atomic E-state index is 12.7. The zero-order chi connectivity index (χ0) is 19.1. The molecule has 0 saturated carbocycles. The number of carbonyl (C=O) groups excluding carboxylic acids is 2. The Balaban J connectivity index is 1.52. The second-order valence-corrected chi connectivity index (χ2v) is 6.91. The lowest BCUT2D eigenvalue weighted by molar-refractivity contribution is -0.685. The van der Waals surface area contributed by atoms with Crippen molar-refractivity contribution in [3.63, 3.8) is 0 Å². The third-order valence-corrected chi connectivity index (χ3v) is 5.15. The molecule has 1 aliphatic rings. The topological polar surface area (TPSA) is 46.2 Å². The van der Waals surface area contributed by atoms with Crippen LogP contribution in [0.3, 0.4) is 0 Å². The molecule has 1 aliphatic heterocycles. The van der Waals surface area contributed by atoms with Gasteiger partial charge >= 0.3 is 0 Å². The van der Waals surface area contributed by atoms with Crippen LogP contribution in [0, 0.1) is 0 Å². The summed E-state index contributed by atoms with van der Waals surface area (Å²) in [6.07, 6.45) is 1.97. The first-order chi connectivity index (χ1) is 13.7. The highest BCUT2D eigenvalue weighted by Gasteiger charge is 2.36. The van der Waals surface area contributed by atoms with E-state index in [0.29, 0.717) is 11.1 Å². The summed E-state index contributed by atoms with van der Waals surface area (Å²) >= 11 is 0. The number of imide groups is 1. The van der Waals surface area contributed by atoms with Crippen molar-refractivity contribution in [3.05, 3.63) is 102 Å². The fourth-order valence-electron chi connectivity index (χ4n) is 3.78. The first-order valence-corrected chi connectivity index (χ1v) is 9.19. The van der Waals surface area contributed by atoms with E-state index in [4.69, 9.17) is 0 Å². The molecule has 0 N–H and O–H groups in total. The van der Waals surface area contributed by atoms with Gasteiger partial charge in [0.2, 0.25) is 6.33 Å². The van der Waals surface area contributed by atoms with Crippen LogP contribution in [-0.2, 0) is 13.2 Å². The molecule has 1 aromatic heterocycles. The summed E-state index contributed by atoms with van der Waals surface area (Å²) in [5.74, 6) is -0.485. The molecule has 5 nitrogen and oxygen atoms in total. The number of aromatic nitrogens is 2. The molecule has 0 bridgehead atoms. The fourth-order valence-corrected chi connectivity index (χ4v) is 3.78. The minimum absolute atomic E-state index is 0.189. The average molecular weight is 368 g/mol. The largest absolute Gasteiger partial charge is 0.268 e. The number of hydrogen-bond acceptors (Lipinski definition) is 2. The Labute approximate surface area is 162 Å². The van der Waals surface area contributed by atoms with E-state index >= 15 is 0 Å². The van der Waals surface area contributed by atoms with Crippen LogP contribution < -0.4 is 4.57 Å². The zero-order valence-electron chi connectivity index (χ0n) is 15.2. The first-order valence-electron chi connectivity index (χ1n) is 9.19. The molecule has 2 heterocycles. The first kappa shape index (κ1) is 16.4. The van der Waals surface area contributed by atoms with Crippen LogP contribution in [0.4, 0.5) is 0 Å². The van der Waals surface area contributed by atoms with Crippen LogP contribution >= 0.6 is 0 Å². The Hall–Kier alpha value is -3.73. The van der Waals surface area contributed by atoms with Crippen molar-refractivity contribution in [2.45, 2.75) is 13.2 Å². The minimum Gasteiger partial charge on any atom is -0.268 e. The molecule has 2 amide bonds. The van der Waals surface area contributed by atoms with E-state index in [1.807, 2.05) is 47.3 Å². The Kier molecular flexibility index (Phi) is 3.79. The van der Waals surface area contributed by atoms with Gasteiger partial charge in [0.05, 0.1) is 11.1 Å². The highest BCUT2D eigenvalue weighted by Crippen LogP contribution is 2.22. The zero-order valence-corrected chi connectivity index (χ0v) is 15.2. The number of rotatable bonds is 4. The second-order valence-electron chi connectivity index (χ2n) is 6.91. The van der Waals surface area contributed by atoms with E-state index in [0.717, 1.165) is 17.6 Å². The molecule has 0 spiro atoms. The summed E-state index contributed by atoms with van der Waals surface area (Å²) in [4.78, 5) is 26.8. The lowest BCUT2D eigenvalue weighted by Crippen LogP contribution is -2.45. The predicted molar refractivity (Wildman–Crippen MR) is 105 cm³/mol. The van der Waals surface area contributed by atoms with Gasteiger partial charge in [0.25, 0.3) is 11.8 Å². The van der Waals surface area contributed by atoms with E-state index in [1.54, 1.807) is 24.3 Å². The van der Waals surface area contributed by atoms with E-state index in [2.05, 4.69) is 22.8 Å². The van der Waals surface area contributed by atoms with Gasteiger partial charge in [-0.05, 0) is 29.8 Å². The van der Waals surface area contributed by atoms with Crippen molar-refractivity contribution in [2.75, 3.05) is 0 Å². The number of nitrogens with zero attached hydrogens (tertiary/aromatic N) is 3. The van der Waals surface area contributed by atoms with Crippen molar-refractivity contribution >= 4 is 22.8 Å². The van der Waals surface area contributed by atoms with Crippen molar-refractivity contribution in [1.82, 2.24) is 9.47 Å². The Morgan fingerprint density at radius 1 is 0.714 bits per heavy atom.